The zero-order chi connectivity index (χ0) is 18.9. The molecule has 0 aliphatic carbocycles. The van der Waals surface area contributed by atoms with Crippen LogP contribution in [0.4, 0.5) is 24.5 Å². The Hall–Kier alpha value is -1.66. The molecule has 144 valence electrons. The van der Waals surface area contributed by atoms with Crippen molar-refractivity contribution in [3.8, 4) is 0 Å². The molecule has 0 atom stereocenters. The van der Waals surface area contributed by atoms with Crippen molar-refractivity contribution in [3.63, 3.8) is 0 Å². The molecule has 0 aromatic heterocycles. The summed E-state index contributed by atoms with van der Waals surface area (Å²) < 4.78 is 39.7. The van der Waals surface area contributed by atoms with Crippen LogP contribution in [0, 0.1) is 5.92 Å². The van der Waals surface area contributed by atoms with E-state index in [9.17, 15) is 13.2 Å². The molecule has 1 N–H and O–H groups in total. The number of nitrogens with one attached hydrogen (secondary N) is 1. The second-order valence-electron chi connectivity index (χ2n) is 7.24. The Labute approximate surface area is 162 Å². The Bertz CT molecular complexity index is 800. The molecule has 1 fully saturated rings. The third-order valence-corrected chi connectivity index (χ3v) is 6.54. The van der Waals surface area contributed by atoms with Crippen LogP contribution in [0.1, 0.15) is 31.2 Å². The second-order valence-corrected chi connectivity index (χ2v) is 8.32. The lowest BCUT2D eigenvalue weighted by Crippen LogP contribution is -2.28. The Morgan fingerprint density at radius 3 is 2.52 bits per heavy atom. The summed E-state index contributed by atoms with van der Waals surface area (Å²) in [7, 11) is 0. The molecule has 2 nitrogen and oxygen atoms in total. The maximum absolute atomic E-state index is 13.2. The number of para-hydroxylation sites is 1. The predicted molar refractivity (Wildman–Crippen MR) is 104 cm³/mol. The van der Waals surface area contributed by atoms with Gasteiger partial charge in [0.2, 0.25) is 0 Å². The van der Waals surface area contributed by atoms with Crippen LogP contribution in [0.15, 0.2) is 52.3 Å². The highest BCUT2D eigenvalue weighted by atomic mass is 32.2. The Kier molecular flexibility index (Phi) is 5.37. The molecule has 0 bridgehead atoms. The minimum atomic E-state index is -4.32. The normalized spacial score (nSPS) is 17.5. The zero-order valence-corrected chi connectivity index (χ0v) is 15.9. The smallest absolute Gasteiger partial charge is 0.340 e. The van der Waals surface area contributed by atoms with Gasteiger partial charge in [0.15, 0.2) is 0 Å². The van der Waals surface area contributed by atoms with Gasteiger partial charge in [-0.25, -0.2) is 0 Å². The molecule has 2 aromatic rings. The van der Waals surface area contributed by atoms with Gasteiger partial charge in [0.25, 0.3) is 0 Å². The molecule has 27 heavy (non-hydrogen) atoms. The monoisotopic (exact) mass is 392 g/mol. The number of nitrogens with zero attached hydrogens (tertiary/aromatic N) is 1. The van der Waals surface area contributed by atoms with Crippen LogP contribution in [0.5, 0.6) is 0 Å². The average Bonchev–Trinajstić information content (AvgIpc) is 2.67. The molecular formula is C21H23F3N2S. The van der Waals surface area contributed by atoms with E-state index in [0.717, 1.165) is 53.9 Å². The number of anilines is 2. The van der Waals surface area contributed by atoms with Gasteiger partial charge in [-0.2, -0.15) is 13.2 Å². The summed E-state index contributed by atoms with van der Waals surface area (Å²) in [4.78, 5) is 4.08. The second kappa shape index (κ2) is 7.76. The first-order valence-electron chi connectivity index (χ1n) is 9.49. The van der Waals surface area contributed by atoms with Crippen LogP contribution < -0.4 is 10.2 Å². The lowest BCUT2D eigenvalue weighted by molar-refractivity contribution is -0.137. The average molecular weight is 392 g/mol. The van der Waals surface area contributed by atoms with Crippen molar-refractivity contribution in [1.29, 1.82) is 0 Å². The van der Waals surface area contributed by atoms with Gasteiger partial charge >= 0.3 is 6.18 Å². The van der Waals surface area contributed by atoms with E-state index >= 15 is 0 Å². The quantitative estimate of drug-likeness (QED) is 0.678. The number of fused-ring (bicyclic) bond motifs is 2. The molecule has 4 rings (SSSR count). The largest absolute Gasteiger partial charge is 0.416 e. The van der Waals surface area contributed by atoms with Crippen LogP contribution in [0.3, 0.4) is 0 Å². The first kappa shape index (κ1) is 18.7. The Morgan fingerprint density at radius 1 is 1.00 bits per heavy atom. The minimum absolute atomic E-state index is 0.579. The van der Waals surface area contributed by atoms with E-state index in [1.54, 1.807) is 17.8 Å². The lowest BCUT2D eigenvalue weighted by Gasteiger charge is -2.34. The van der Waals surface area contributed by atoms with Crippen molar-refractivity contribution in [1.82, 2.24) is 5.32 Å². The van der Waals surface area contributed by atoms with Crippen molar-refractivity contribution in [2.75, 3.05) is 24.5 Å². The van der Waals surface area contributed by atoms with E-state index < -0.39 is 11.7 Å². The van der Waals surface area contributed by atoms with Crippen molar-refractivity contribution < 1.29 is 13.2 Å². The minimum Gasteiger partial charge on any atom is -0.340 e. The van der Waals surface area contributed by atoms with Crippen molar-refractivity contribution >= 4 is 23.1 Å². The van der Waals surface area contributed by atoms with Gasteiger partial charge in [-0.15, -0.1) is 0 Å². The Balaban J connectivity index is 1.59. The number of alkyl halides is 3. The molecule has 0 saturated carbocycles. The summed E-state index contributed by atoms with van der Waals surface area (Å²) in [6.45, 7) is 2.90. The molecule has 2 aliphatic heterocycles. The number of hydrogen-bond donors (Lipinski definition) is 1. The van der Waals surface area contributed by atoms with Crippen LogP contribution in [0.25, 0.3) is 0 Å². The maximum atomic E-state index is 13.2. The summed E-state index contributed by atoms with van der Waals surface area (Å²) in [6.07, 6.45) is 0.182. The predicted octanol–water partition coefficient (Wildman–Crippen LogP) is 6.09. The lowest BCUT2D eigenvalue weighted by atomic mass is 9.93. The van der Waals surface area contributed by atoms with Gasteiger partial charge in [0.1, 0.15) is 0 Å². The van der Waals surface area contributed by atoms with Gasteiger partial charge in [-0.05, 0) is 75.0 Å². The molecule has 2 aromatic carbocycles. The highest BCUT2D eigenvalue weighted by molar-refractivity contribution is 7.99. The van der Waals surface area contributed by atoms with Crippen molar-refractivity contribution in [2.45, 2.75) is 41.7 Å². The van der Waals surface area contributed by atoms with Crippen LogP contribution >= 0.6 is 11.8 Å². The number of piperidine rings is 1. The van der Waals surface area contributed by atoms with Crippen LogP contribution in [-0.4, -0.2) is 19.6 Å². The van der Waals surface area contributed by atoms with Crippen LogP contribution in [-0.2, 0) is 6.18 Å². The number of rotatable bonds is 4. The van der Waals surface area contributed by atoms with Gasteiger partial charge in [0.05, 0.1) is 16.9 Å². The molecular weight excluding hydrogens is 369 g/mol. The van der Waals surface area contributed by atoms with Gasteiger partial charge in [-0.1, -0.05) is 23.9 Å². The molecule has 2 heterocycles. The van der Waals surface area contributed by atoms with Crippen molar-refractivity contribution in [2.24, 2.45) is 5.92 Å². The summed E-state index contributed by atoms with van der Waals surface area (Å²) in [5.41, 5.74) is 1.11. The molecule has 0 amide bonds. The van der Waals surface area contributed by atoms with Gasteiger partial charge in [-0.3, -0.25) is 0 Å². The molecule has 6 heteroatoms. The van der Waals surface area contributed by atoms with E-state index in [1.165, 1.54) is 25.0 Å². The summed E-state index contributed by atoms with van der Waals surface area (Å²) >= 11 is 1.55. The van der Waals surface area contributed by atoms with E-state index in [-0.39, 0.29) is 0 Å². The third-order valence-electron chi connectivity index (χ3n) is 5.41. The number of halogens is 3. The van der Waals surface area contributed by atoms with E-state index in [2.05, 4.69) is 10.2 Å². The fourth-order valence-electron chi connectivity index (χ4n) is 3.95. The highest BCUT2D eigenvalue weighted by Gasteiger charge is 2.33. The molecule has 0 radical (unpaired) electrons. The highest BCUT2D eigenvalue weighted by Crippen LogP contribution is 2.49. The van der Waals surface area contributed by atoms with E-state index in [0.29, 0.717) is 5.69 Å². The van der Waals surface area contributed by atoms with Crippen molar-refractivity contribution in [3.05, 3.63) is 48.0 Å². The first-order chi connectivity index (χ1) is 13.0. The molecule has 0 unspecified atom stereocenters. The maximum Gasteiger partial charge on any atom is 0.416 e. The molecule has 2 aliphatic rings. The fraction of sp³-hybridized carbons (Fsp3) is 0.429. The van der Waals surface area contributed by atoms with E-state index in [4.69, 9.17) is 0 Å². The molecule has 1 saturated heterocycles. The topological polar surface area (TPSA) is 15.3 Å². The summed E-state index contributed by atoms with van der Waals surface area (Å²) in [5.74, 6) is 0.724. The molecule has 0 spiro atoms. The first-order valence-corrected chi connectivity index (χ1v) is 10.3. The Morgan fingerprint density at radius 2 is 1.74 bits per heavy atom. The third kappa shape index (κ3) is 4.11. The van der Waals surface area contributed by atoms with Crippen LogP contribution in [0.2, 0.25) is 0 Å². The van der Waals surface area contributed by atoms with Gasteiger partial charge in [0, 0.05) is 16.3 Å². The number of hydrogen-bond acceptors (Lipinski definition) is 3. The van der Waals surface area contributed by atoms with E-state index in [1.807, 2.05) is 24.3 Å². The SMILES string of the molecule is FC(F)(F)c1ccc2c(c1)N(CCCC1CCNCC1)c1ccccc1S2. The fourth-order valence-corrected chi connectivity index (χ4v) is 5.03. The summed E-state index contributed by atoms with van der Waals surface area (Å²) in [6, 6.07) is 12.1. The van der Waals surface area contributed by atoms with Gasteiger partial charge < -0.3 is 10.2 Å². The standard InChI is InChI=1S/C21H23F3N2S/c22-21(23,24)16-7-8-20-18(14-16)26(17-5-1-2-6-19(17)27-20)13-3-4-15-9-11-25-12-10-15/h1-2,5-8,14-15,25H,3-4,9-13H2. The summed E-state index contributed by atoms with van der Waals surface area (Å²) in [5, 5.41) is 3.38. The number of benzene rings is 2. The zero-order valence-electron chi connectivity index (χ0n) is 15.1.